The molecular formula is C14H21ClN2. The lowest BCUT2D eigenvalue weighted by molar-refractivity contribution is 0.221. The highest BCUT2D eigenvalue weighted by Crippen LogP contribution is 2.41. The second kappa shape index (κ2) is 5.38. The molecule has 2 rings (SSSR count). The molecule has 0 amide bonds. The smallest absolute Gasteiger partial charge is 0.0406 e. The van der Waals surface area contributed by atoms with Gasteiger partial charge in [0.05, 0.1) is 0 Å². The van der Waals surface area contributed by atoms with Crippen LogP contribution in [0, 0.1) is 5.41 Å². The predicted molar refractivity (Wildman–Crippen MR) is 72.8 cm³/mol. The summed E-state index contributed by atoms with van der Waals surface area (Å²) in [7, 11) is 0. The van der Waals surface area contributed by atoms with Crippen LogP contribution in [-0.4, -0.2) is 6.04 Å². The van der Waals surface area contributed by atoms with Crippen molar-refractivity contribution in [2.45, 2.75) is 45.1 Å². The van der Waals surface area contributed by atoms with Gasteiger partial charge in [-0.15, -0.1) is 0 Å². The summed E-state index contributed by atoms with van der Waals surface area (Å²) in [5.41, 5.74) is 4.65. The van der Waals surface area contributed by atoms with Crippen molar-refractivity contribution in [2.75, 3.05) is 0 Å². The van der Waals surface area contributed by atoms with Gasteiger partial charge in [-0.3, -0.25) is 11.3 Å². The summed E-state index contributed by atoms with van der Waals surface area (Å²) in [5, 5.41) is 0.790. The van der Waals surface area contributed by atoms with Gasteiger partial charge in [0.1, 0.15) is 0 Å². The summed E-state index contributed by atoms with van der Waals surface area (Å²) < 4.78 is 0. The van der Waals surface area contributed by atoms with E-state index in [1.807, 2.05) is 12.1 Å². The second-order valence-electron chi connectivity index (χ2n) is 5.41. The molecule has 1 aromatic rings. The van der Waals surface area contributed by atoms with Crippen LogP contribution in [-0.2, 0) is 6.42 Å². The predicted octanol–water partition coefficient (Wildman–Crippen LogP) is 3.29. The third kappa shape index (κ3) is 3.01. The fourth-order valence-electron chi connectivity index (χ4n) is 2.89. The number of benzene rings is 1. The standard InChI is InChI=1S/C14H21ClN2/c1-14(8-2-3-9-14)13(17-16)10-11-4-6-12(15)7-5-11/h4-7,13,17H,2-3,8-10,16H2,1H3. The van der Waals surface area contributed by atoms with Crippen LogP contribution in [0.4, 0.5) is 0 Å². The Labute approximate surface area is 109 Å². The first-order valence-corrected chi connectivity index (χ1v) is 6.72. The summed E-state index contributed by atoms with van der Waals surface area (Å²) in [5.74, 6) is 5.74. The van der Waals surface area contributed by atoms with Crippen molar-refractivity contribution in [3.8, 4) is 0 Å². The van der Waals surface area contributed by atoms with Crippen LogP contribution in [0.15, 0.2) is 24.3 Å². The fraction of sp³-hybridized carbons (Fsp3) is 0.571. The van der Waals surface area contributed by atoms with E-state index in [2.05, 4.69) is 24.5 Å². The van der Waals surface area contributed by atoms with E-state index in [9.17, 15) is 0 Å². The number of hydrogen-bond acceptors (Lipinski definition) is 2. The molecule has 3 heteroatoms. The zero-order valence-corrected chi connectivity index (χ0v) is 11.1. The Bertz CT molecular complexity index is 355. The van der Waals surface area contributed by atoms with Gasteiger partial charge in [0.25, 0.3) is 0 Å². The van der Waals surface area contributed by atoms with Gasteiger partial charge >= 0.3 is 0 Å². The Balaban J connectivity index is 2.06. The zero-order valence-electron chi connectivity index (χ0n) is 10.4. The van der Waals surface area contributed by atoms with E-state index in [0.29, 0.717) is 11.5 Å². The number of nitrogens with one attached hydrogen (secondary N) is 1. The second-order valence-corrected chi connectivity index (χ2v) is 5.85. The Kier molecular flexibility index (Phi) is 4.08. The fourth-order valence-corrected chi connectivity index (χ4v) is 3.02. The van der Waals surface area contributed by atoms with Crippen molar-refractivity contribution < 1.29 is 0 Å². The monoisotopic (exact) mass is 252 g/mol. The maximum absolute atomic E-state index is 5.90. The van der Waals surface area contributed by atoms with Gasteiger partial charge in [-0.1, -0.05) is 43.5 Å². The molecule has 0 bridgehead atoms. The van der Waals surface area contributed by atoms with Crippen LogP contribution in [0.2, 0.25) is 5.02 Å². The van der Waals surface area contributed by atoms with E-state index in [1.165, 1.54) is 31.2 Å². The van der Waals surface area contributed by atoms with Crippen LogP contribution in [0.3, 0.4) is 0 Å². The molecule has 1 aliphatic rings. The first kappa shape index (κ1) is 12.9. The Hall–Kier alpha value is -0.570. The maximum Gasteiger partial charge on any atom is 0.0406 e. The maximum atomic E-state index is 5.90. The molecule has 0 aromatic heterocycles. The summed E-state index contributed by atoms with van der Waals surface area (Å²) in [6.07, 6.45) is 6.18. The first-order valence-electron chi connectivity index (χ1n) is 6.35. The van der Waals surface area contributed by atoms with E-state index in [0.717, 1.165) is 11.4 Å². The van der Waals surface area contributed by atoms with E-state index >= 15 is 0 Å². The molecule has 1 saturated carbocycles. The topological polar surface area (TPSA) is 38.0 Å². The van der Waals surface area contributed by atoms with Crippen molar-refractivity contribution in [1.82, 2.24) is 5.43 Å². The molecular weight excluding hydrogens is 232 g/mol. The van der Waals surface area contributed by atoms with Gasteiger partial charge in [-0.05, 0) is 42.4 Å². The van der Waals surface area contributed by atoms with Crippen molar-refractivity contribution >= 4 is 11.6 Å². The van der Waals surface area contributed by atoms with Crippen molar-refractivity contribution in [2.24, 2.45) is 11.3 Å². The van der Waals surface area contributed by atoms with E-state index in [1.54, 1.807) is 0 Å². The van der Waals surface area contributed by atoms with Crippen LogP contribution in [0.25, 0.3) is 0 Å². The minimum atomic E-state index is 0.342. The quantitative estimate of drug-likeness (QED) is 0.638. The minimum absolute atomic E-state index is 0.342. The van der Waals surface area contributed by atoms with Gasteiger partial charge in [0.15, 0.2) is 0 Å². The number of halogens is 1. The number of hydrazine groups is 1. The molecule has 3 N–H and O–H groups in total. The lowest BCUT2D eigenvalue weighted by Gasteiger charge is -2.33. The average Bonchev–Trinajstić information content (AvgIpc) is 2.76. The molecule has 0 radical (unpaired) electrons. The Morgan fingerprint density at radius 2 is 1.88 bits per heavy atom. The average molecular weight is 253 g/mol. The molecule has 1 aliphatic carbocycles. The molecule has 94 valence electrons. The SMILES string of the molecule is CC1(C(Cc2ccc(Cl)cc2)NN)CCCC1. The molecule has 0 saturated heterocycles. The van der Waals surface area contributed by atoms with Crippen molar-refractivity contribution in [3.05, 3.63) is 34.9 Å². The molecule has 0 spiro atoms. The summed E-state index contributed by atoms with van der Waals surface area (Å²) in [6, 6.07) is 8.42. The third-order valence-electron chi connectivity index (χ3n) is 4.14. The van der Waals surface area contributed by atoms with Gasteiger partial charge in [0.2, 0.25) is 0 Å². The van der Waals surface area contributed by atoms with Gasteiger partial charge < -0.3 is 0 Å². The van der Waals surface area contributed by atoms with E-state index < -0.39 is 0 Å². The van der Waals surface area contributed by atoms with Crippen LogP contribution in [0.5, 0.6) is 0 Å². The van der Waals surface area contributed by atoms with E-state index in [4.69, 9.17) is 17.4 Å². The number of hydrogen-bond donors (Lipinski definition) is 2. The molecule has 0 heterocycles. The highest BCUT2D eigenvalue weighted by atomic mass is 35.5. The minimum Gasteiger partial charge on any atom is -0.271 e. The molecule has 0 aliphatic heterocycles. The summed E-state index contributed by atoms with van der Waals surface area (Å²) in [6.45, 7) is 2.35. The van der Waals surface area contributed by atoms with Crippen LogP contribution < -0.4 is 11.3 Å². The molecule has 1 fully saturated rings. The van der Waals surface area contributed by atoms with E-state index in [-0.39, 0.29) is 0 Å². The summed E-state index contributed by atoms with van der Waals surface area (Å²) >= 11 is 5.90. The van der Waals surface area contributed by atoms with Gasteiger partial charge in [-0.25, -0.2) is 0 Å². The van der Waals surface area contributed by atoms with Crippen LogP contribution >= 0.6 is 11.6 Å². The summed E-state index contributed by atoms with van der Waals surface area (Å²) in [4.78, 5) is 0. The van der Waals surface area contributed by atoms with Crippen LogP contribution in [0.1, 0.15) is 38.2 Å². The first-order chi connectivity index (χ1) is 8.14. The molecule has 17 heavy (non-hydrogen) atoms. The molecule has 1 atom stereocenters. The van der Waals surface area contributed by atoms with Crippen molar-refractivity contribution in [3.63, 3.8) is 0 Å². The van der Waals surface area contributed by atoms with Crippen molar-refractivity contribution in [1.29, 1.82) is 0 Å². The lowest BCUT2D eigenvalue weighted by atomic mass is 9.78. The van der Waals surface area contributed by atoms with Gasteiger partial charge in [-0.2, -0.15) is 0 Å². The lowest BCUT2D eigenvalue weighted by Crippen LogP contribution is -2.47. The zero-order chi connectivity index (χ0) is 12.3. The number of nitrogens with two attached hydrogens (primary N) is 1. The Morgan fingerprint density at radius 3 is 2.41 bits per heavy atom. The highest BCUT2D eigenvalue weighted by Gasteiger charge is 2.36. The highest BCUT2D eigenvalue weighted by molar-refractivity contribution is 6.30. The molecule has 1 aromatic carbocycles. The third-order valence-corrected chi connectivity index (χ3v) is 4.39. The molecule has 2 nitrogen and oxygen atoms in total. The molecule has 1 unspecified atom stereocenters. The normalized spacial score (nSPS) is 20.4. The van der Waals surface area contributed by atoms with Gasteiger partial charge in [0, 0.05) is 11.1 Å². The largest absolute Gasteiger partial charge is 0.271 e. The number of rotatable bonds is 4. The Morgan fingerprint density at radius 1 is 1.29 bits per heavy atom.